The summed E-state index contributed by atoms with van der Waals surface area (Å²) >= 11 is 0. The van der Waals surface area contributed by atoms with Crippen LogP contribution in [-0.4, -0.2) is 25.3 Å². The zero-order chi connectivity index (χ0) is 18.1. The van der Waals surface area contributed by atoms with Crippen LogP contribution in [-0.2, 0) is 4.79 Å². The Morgan fingerprint density at radius 1 is 1.16 bits per heavy atom. The van der Waals surface area contributed by atoms with Gasteiger partial charge >= 0.3 is 0 Å². The van der Waals surface area contributed by atoms with Crippen molar-refractivity contribution in [2.75, 3.05) is 13.2 Å². The first-order valence-corrected chi connectivity index (χ1v) is 7.71. The predicted molar refractivity (Wildman–Crippen MR) is 94.7 cm³/mol. The standard InChI is InChI=1S/C19H19N3O3/c1-14-4-3-5-15(2)19(14)25-13-18(23)22-21-12-16-6-8-17(9-7-16)24-11-10-20/h3-9,12H,11,13H2,1-2H3,(H,22,23)/b21-12-. The summed E-state index contributed by atoms with van der Waals surface area (Å²) in [6, 6.07) is 14.7. The Morgan fingerprint density at radius 3 is 2.48 bits per heavy atom. The summed E-state index contributed by atoms with van der Waals surface area (Å²) in [5.74, 6) is 0.979. The van der Waals surface area contributed by atoms with Crippen molar-refractivity contribution < 1.29 is 14.3 Å². The molecule has 0 aromatic heterocycles. The summed E-state index contributed by atoms with van der Waals surface area (Å²) < 4.78 is 10.7. The molecular weight excluding hydrogens is 318 g/mol. The van der Waals surface area contributed by atoms with E-state index in [9.17, 15) is 4.79 Å². The van der Waals surface area contributed by atoms with Crippen molar-refractivity contribution >= 4 is 12.1 Å². The largest absolute Gasteiger partial charge is 0.483 e. The van der Waals surface area contributed by atoms with Crippen LogP contribution in [0, 0.1) is 25.2 Å². The highest BCUT2D eigenvalue weighted by atomic mass is 16.5. The number of nitriles is 1. The number of rotatable bonds is 7. The molecule has 0 aliphatic heterocycles. The second-order valence-corrected chi connectivity index (χ2v) is 5.32. The van der Waals surface area contributed by atoms with E-state index in [0.29, 0.717) is 5.75 Å². The lowest BCUT2D eigenvalue weighted by Crippen LogP contribution is -2.25. The SMILES string of the molecule is Cc1cccc(C)c1OCC(=O)N/N=C\c1ccc(OCC#N)cc1. The lowest BCUT2D eigenvalue weighted by molar-refractivity contribution is -0.123. The maximum Gasteiger partial charge on any atom is 0.277 e. The molecule has 0 radical (unpaired) electrons. The number of hydrogen-bond acceptors (Lipinski definition) is 5. The zero-order valence-corrected chi connectivity index (χ0v) is 14.2. The van der Waals surface area contributed by atoms with Gasteiger partial charge in [-0.1, -0.05) is 18.2 Å². The number of hydrogen-bond donors (Lipinski definition) is 1. The molecule has 0 fully saturated rings. The van der Waals surface area contributed by atoms with E-state index in [1.165, 1.54) is 6.21 Å². The van der Waals surface area contributed by atoms with Crippen LogP contribution in [0.1, 0.15) is 16.7 Å². The Kier molecular flexibility index (Phi) is 6.55. The number of amides is 1. The smallest absolute Gasteiger partial charge is 0.277 e. The summed E-state index contributed by atoms with van der Waals surface area (Å²) in [7, 11) is 0. The third-order valence-electron chi connectivity index (χ3n) is 3.34. The van der Waals surface area contributed by atoms with Gasteiger partial charge in [-0.05, 0) is 54.8 Å². The molecule has 0 spiro atoms. The normalized spacial score (nSPS) is 10.3. The van der Waals surface area contributed by atoms with Gasteiger partial charge in [0.2, 0.25) is 0 Å². The molecule has 0 heterocycles. The van der Waals surface area contributed by atoms with Crippen molar-refractivity contribution in [2.45, 2.75) is 13.8 Å². The Bertz CT molecular complexity index is 772. The number of aryl methyl sites for hydroxylation is 2. The van der Waals surface area contributed by atoms with Gasteiger partial charge in [-0.2, -0.15) is 10.4 Å². The topological polar surface area (TPSA) is 83.7 Å². The van der Waals surface area contributed by atoms with Gasteiger partial charge in [0.25, 0.3) is 5.91 Å². The average molecular weight is 337 g/mol. The van der Waals surface area contributed by atoms with E-state index in [-0.39, 0.29) is 19.1 Å². The number of hydrazone groups is 1. The molecule has 1 N–H and O–H groups in total. The Balaban J connectivity index is 1.81. The molecule has 0 atom stereocenters. The number of nitrogens with zero attached hydrogens (tertiary/aromatic N) is 2. The van der Waals surface area contributed by atoms with Crippen LogP contribution in [0.3, 0.4) is 0 Å². The van der Waals surface area contributed by atoms with E-state index in [2.05, 4.69) is 10.5 Å². The van der Waals surface area contributed by atoms with E-state index in [1.54, 1.807) is 24.3 Å². The minimum Gasteiger partial charge on any atom is -0.483 e. The maximum absolute atomic E-state index is 11.8. The first-order chi connectivity index (χ1) is 12.1. The van der Waals surface area contributed by atoms with Crippen molar-refractivity contribution in [1.82, 2.24) is 5.43 Å². The Labute approximate surface area is 146 Å². The first kappa shape index (κ1) is 18.0. The molecule has 0 aliphatic carbocycles. The monoisotopic (exact) mass is 337 g/mol. The van der Waals surface area contributed by atoms with Gasteiger partial charge < -0.3 is 9.47 Å². The molecule has 25 heavy (non-hydrogen) atoms. The molecule has 6 heteroatoms. The van der Waals surface area contributed by atoms with Crippen LogP contribution < -0.4 is 14.9 Å². The number of benzene rings is 2. The minimum atomic E-state index is -0.340. The van der Waals surface area contributed by atoms with Crippen molar-refractivity contribution in [3.05, 3.63) is 59.2 Å². The molecular formula is C19H19N3O3. The highest BCUT2D eigenvalue weighted by Crippen LogP contribution is 2.21. The Hall–Kier alpha value is -3.33. The lowest BCUT2D eigenvalue weighted by Gasteiger charge is -2.10. The third kappa shape index (κ3) is 5.66. The zero-order valence-electron chi connectivity index (χ0n) is 14.2. The molecule has 0 saturated heterocycles. The predicted octanol–water partition coefficient (Wildman–Crippen LogP) is 2.73. The lowest BCUT2D eigenvalue weighted by atomic mass is 10.1. The van der Waals surface area contributed by atoms with Crippen LogP contribution in [0.4, 0.5) is 0 Å². The number of carbonyl (C=O) groups excluding carboxylic acids is 1. The van der Waals surface area contributed by atoms with Crippen LogP contribution in [0.25, 0.3) is 0 Å². The van der Waals surface area contributed by atoms with Gasteiger partial charge in [-0.25, -0.2) is 5.43 Å². The molecule has 0 aliphatic rings. The number of ether oxygens (including phenoxy) is 2. The molecule has 2 aromatic carbocycles. The summed E-state index contributed by atoms with van der Waals surface area (Å²) in [6.45, 7) is 3.76. The highest BCUT2D eigenvalue weighted by molar-refractivity contribution is 5.83. The van der Waals surface area contributed by atoms with Gasteiger partial charge in [0.15, 0.2) is 13.2 Å². The fourth-order valence-corrected chi connectivity index (χ4v) is 2.14. The number of carbonyl (C=O) groups is 1. The van der Waals surface area contributed by atoms with Gasteiger partial charge in [0, 0.05) is 0 Å². The minimum absolute atomic E-state index is 0.00383. The fourth-order valence-electron chi connectivity index (χ4n) is 2.14. The third-order valence-corrected chi connectivity index (χ3v) is 3.34. The average Bonchev–Trinajstić information content (AvgIpc) is 2.60. The molecule has 0 unspecified atom stereocenters. The summed E-state index contributed by atoms with van der Waals surface area (Å²) in [4.78, 5) is 11.8. The van der Waals surface area contributed by atoms with Gasteiger partial charge in [-0.15, -0.1) is 0 Å². The second-order valence-electron chi connectivity index (χ2n) is 5.32. The maximum atomic E-state index is 11.8. The van der Waals surface area contributed by atoms with Crippen molar-refractivity contribution in [2.24, 2.45) is 5.10 Å². The van der Waals surface area contributed by atoms with Crippen LogP contribution in [0.5, 0.6) is 11.5 Å². The van der Waals surface area contributed by atoms with Crippen molar-refractivity contribution in [3.63, 3.8) is 0 Å². The van der Waals surface area contributed by atoms with Gasteiger partial charge in [-0.3, -0.25) is 4.79 Å². The van der Waals surface area contributed by atoms with E-state index in [0.717, 1.165) is 22.4 Å². The molecule has 2 rings (SSSR count). The fraction of sp³-hybridized carbons (Fsp3) is 0.211. The second kappa shape index (κ2) is 9.08. The molecule has 2 aromatic rings. The van der Waals surface area contributed by atoms with Crippen LogP contribution in [0.15, 0.2) is 47.6 Å². The van der Waals surface area contributed by atoms with Gasteiger partial charge in [0.1, 0.15) is 17.6 Å². The van der Waals surface area contributed by atoms with E-state index in [4.69, 9.17) is 14.7 Å². The Morgan fingerprint density at radius 2 is 1.84 bits per heavy atom. The molecule has 128 valence electrons. The van der Waals surface area contributed by atoms with Gasteiger partial charge in [0.05, 0.1) is 6.21 Å². The van der Waals surface area contributed by atoms with Crippen molar-refractivity contribution in [1.29, 1.82) is 5.26 Å². The number of nitrogens with one attached hydrogen (secondary N) is 1. The number of para-hydroxylation sites is 1. The molecule has 0 bridgehead atoms. The molecule has 1 amide bonds. The highest BCUT2D eigenvalue weighted by Gasteiger charge is 2.06. The molecule has 6 nitrogen and oxygen atoms in total. The van der Waals surface area contributed by atoms with E-state index < -0.39 is 0 Å². The quantitative estimate of drug-likeness (QED) is 0.622. The van der Waals surface area contributed by atoms with E-state index in [1.807, 2.05) is 38.1 Å². The first-order valence-electron chi connectivity index (χ1n) is 7.71. The summed E-state index contributed by atoms with van der Waals surface area (Å²) in [6.07, 6.45) is 1.52. The summed E-state index contributed by atoms with van der Waals surface area (Å²) in [5, 5.41) is 12.3. The van der Waals surface area contributed by atoms with Crippen LogP contribution in [0.2, 0.25) is 0 Å². The van der Waals surface area contributed by atoms with E-state index >= 15 is 0 Å². The molecule has 0 saturated carbocycles. The van der Waals surface area contributed by atoms with Crippen LogP contribution >= 0.6 is 0 Å². The van der Waals surface area contributed by atoms with Crippen molar-refractivity contribution in [3.8, 4) is 17.6 Å². The summed E-state index contributed by atoms with van der Waals surface area (Å²) in [5.41, 5.74) is 5.18.